The van der Waals surface area contributed by atoms with Gasteiger partial charge in [0.2, 0.25) is 5.36 Å². The highest BCUT2D eigenvalue weighted by Gasteiger charge is 2.38. The fourth-order valence-corrected chi connectivity index (χ4v) is 10.2. The van der Waals surface area contributed by atoms with E-state index in [-0.39, 0.29) is 36.8 Å². The summed E-state index contributed by atoms with van der Waals surface area (Å²) in [6.45, 7) is 4.02. The summed E-state index contributed by atoms with van der Waals surface area (Å²) in [5.74, 6) is -1.10. The first kappa shape index (κ1) is 30.4. The van der Waals surface area contributed by atoms with E-state index in [2.05, 4.69) is 21.6 Å². The maximum Gasteiger partial charge on any atom is 0.337 e. The number of halogens is 3. The molecule has 0 saturated heterocycles. The van der Waals surface area contributed by atoms with Crippen molar-refractivity contribution in [2.45, 2.75) is 62.7 Å². The predicted octanol–water partition coefficient (Wildman–Crippen LogP) is 6.35. The molecule has 11 heteroatoms. The number of benzene rings is 3. The summed E-state index contributed by atoms with van der Waals surface area (Å²) in [4.78, 5) is 27.5. The number of aryl methyl sites for hydroxylation is 2. The lowest BCUT2D eigenvalue weighted by atomic mass is 9.82. The highest BCUT2D eigenvalue weighted by atomic mass is 35.5. The summed E-state index contributed by atoms with van der Waals surface area (Å²) in [6, 6.07) is 4.35. The van der Waals surface area contributed by atoms with Gasteiger partial charge in [0.25, 0.3) is 0 Å². The molecular weight excluding hydrogens is 667 g/mol. The molecule has 5 heterocycles. The molecule has 0 fully saturated rings. The number of thioether (sulfide) groups is 1. The number of carbonyl (C=O) groups is 2. The van der Waals surface area contributed by atoms with Crippen molar-refractivity contribution in [3.63, 3.8) is 0 Å². The van der Waals surface area contributed by atoms with Crippen molar-refractivity contribution in [2.75, 3.05) is 36.8 Å². The minimum Gasteiger partial charge on any atom is -0.481 e. The number of aromatic carboxylic acids is 1. The lowest BCUT2D eigenvalue weighted by Crippen LogP contribution is -2.45. The number of carboxylic acid groups (broad SMARTS) is 2. The molecule has 0 radical (unpaired) electrons. The molecule has 0 bridgehead atoms. The summed E-state index contributed by atoms with van der Waals surface area (Å²) in [5, 5.41) is 22.1. The zero-order valence-corrected chi connectivity index (χ0v) is 28.2. The molecule has 3 aromatic carbocycles. The van der Waals surface area contributed by atoms with E-state index >= 15 is 0 Å². The monoisotopic (exact) mass is 697 g/mol. The normalized spacial score (nSPS) is 17.8. The van der Waals surface area contributed by atoms with Gasteiger partial charge in [-0.1, -0.05) is 34.8 Å². The minimum atomic E-state index is -1.26. The van der Waals surface area contributed by atoms with E-state index in [0.29, 0.717) is 5.57 Å². The topological polar surface area (TPSA) is 90.1 Å². The molecule has 238 valence electrons. The van der Waals surface area contributed by atoms with Crippen LogP contribution >= 0.6 is 46.6 Å². The van der Waals surface area contributed by atoms with E-state index < -0.39 is 11.9 Å². The van der Waals surface area contributed by atoms with Gasteiger partial charge in [-0.2, -0.15) is 0 Å². The zero-order chi connectivity index (χ0) is 31.9. The molecule has 0 aliphatic carbocycles. The first-order chi connectivity index (χ1) is 22.2. The van der Waals surface area contributed by atoms with Crippen LogP contribution in [-0.4, -0.2) is 54.1 Å². The van der Waals surface area contributed by atoms with Crippen molar-refractivity contribution in [3.05, 3.63) is 76.7 Å². The number of aliphatic carboxylic acids is 1. The van der Waals surface area contributed by atoms with E-state index in [1.807, 2.05) is 0 Å². The van der Waals surface area contributed by atoms with Gasteiger partial charge in [-0.25, -0.2) is 9.37 Å². The molecule has 3 aromatic rings. The van der Waals surface area contributed by atoms with Crippen molar-refractivity contribution >= 4 is 69.8 Å². The minimum absolute atomic E-state index is 0.0592. The number of ether oxygens (including phenoxy) is 1. The number of anilines is 1. The van der Waals surface area contributed by atoms with Crippen molar-refractivity contribution in [1.29, 1.82) is 0 Å². The molecule has 2 N–H and O–H groups in total. The molecule has 0 unspecified atom stereocenters. The summed E-state index contributed by atoms with van der Waals surface area (Å²) in [6.07, 6.45) is 8.76. The van der Waals surface area contributed by atoms with E-state index in [4.69, 9.17) is 39.5 Å². The number of nitrogens with zero attached hydrogens (tertiary/aromatic N) is 2. The lowest BCUT2D eigenvalue weighted by Gasteiger charge is -2.36. The Morgan fingerprint density at radius 1 is 0.848 bits per heavy atom. The summed E-state index contributed by atoms with van der Waals surface area (Å²) in [7, 11) is 0. The van der Waals surface area contributed by atoms with Gasteiger partial charge in [-0.15, -0.1) is 11.8 Å². The Bertz CT molecular complexity index is 2020. The Labute approximate surface area is 285 Å². The van der Waals surface area contributed by atoms with Crippen LogP contribution < -0.4 is 24.8 Å². The number of carboxylic acids is 2. The molecule has 7 nitrogen and oxygen atoms in total. The van der Waals surface area contributed by atoms with E-state index in [1.54, 1.807) is 0 Å². The van der Waals surface area contributed by atoms with E-state index in [9.17, 15) is 19.8 Å². The first-order valence-electron chi connectivity index (χ1n) is 16.0. The van der Waals surface area contributed by atoms with Gasteiger partial charge in [0.05, 0.1) is 31.9 Å². The molecule has 46 heavy (non-hydrogen) atoms. The van der Waals surface area contributed by atoms with Crippen molar-refractivity contribution in [3.8, 4) is 11.5 Å². The third-order valence-electron chi connectivity index (χ3n) is 10.0. The van der Waals surface area contributed by atoms with Crippen LogP contribution in [0.4, 0.5) is 5.69 Å². The molecule has 0 spiro atoms. The van der Waals surface area contributed by atoms with Crippen LogP contribution in [0, 0.1) is 0 Å². The van der Waals surface area contributed by atoms with Crippen LogP contribution in [0.25, 0.3) is 5.57 Å². The molecule has 0 amide bonds. The number of fused-ring (bicyclic) bond motifs is 4. The summed E-state index contributed by atoms with van der Waals surface area (Å²) >= 11 is 21.6. The quantitative estimate of drug-likeness (QED) is 0.143. The van der Waals surface area contributed by atoms with Gasteiger partial charge in [0.1, 0.15) is 24.6 Å². The van der Waals surface area contributed by atoms with Gasteiger partial charge in [-0.05, 0) is 62.6 Å². The first-order valence-corrected chi connectivity index (χ1v) is 18.1. The zero-order valence-electron chi connectivity index (χ0n) is 25.1. The standard InChI is InChI=1S/C35H31Cl3N2O5S/c36-27-26(35(43)44)25(28(37)34(29(27)38)46-16-23(41)42)24-21-14-17-6-1-2-10-39-12-4-8-19(30(17)39)32(21)45-33-20-9-5-13-40-11-3-7-18(31(20)40)15-22(24)33/h14-15H,1-13,16H2,(H-,41,42,43,44)/p+1. The second kappa shape index (κ2) is 11.7. The van der Waals surface area contributed by atoms with Crippen molar-refractivity contribution in [1.82, 2.24) is 4.58 Å². The van der Waals surface area contributed by atoms with Crippen molar-refractivity contribution in [2.24, 2.45) is 0 Å². The fourth-order valence-electron chi connectivity index (χ4n) is 8.28. The predicted molar refractivity (Wildman–Crippen MR) is 182 cm³/mol. The second-order valence-electron chi connectivity index (χ2n) is 12.7. The summed E-state index contributed by atoms with van der Waals surface area (Å²) in [5.41, 5.74) is 7.56. The van der Waals surface area contributed by atoms with Gasteiger partial charge < -0.3 is 19.8 Å². The summed E-state index contributed by atoms with van der Waals surface area (Å²) < 4.78 is 9.57. The molecule has 0 aromatic heterocycles. The third kappa shape index (κ3) is 4.66. The Kier molecular flexibility index (Phi) is 7.71. The Morgan fingerprint density at radius 2 is 1.59 bits per heavy atom. The number of rotatable bonds is 5. The van der Waals surface area contributed by atoms with Crippen molar-refractivity contribution < 1.29 is 24.5 Å². The SMILES string of the molecule is O=C(O)CSc1c(Cl)c(Cl)c(C(=O)O)c(C2=c3cc4c5c(c3Oc3c2cc2c6c3CCCN6CCCC2)CCC[N+]=5CCC4)c1Cl. The fraction of sp³-hybridized carbons (Fsp3) is 0.400. The van der Waals surface area contributed by atoms with Crippen LogP contribution in [-0.2, 0) is 30.5 Å². The smallest absolute Gasteiger partial charge is 0.337 e. The highest BCUT2D eigenvalue weighted by Crippen LogP contribution is 2.52. The highest BCUT2D eigenvalue weighted by molar-refractivity contribution is 8.00. The number of hydrogen-bond donors (Lipinski definition) is 2. The van der Waals surface area contributed by atoms with Crippen LogP contribution in [0.3, 0.4) is 0 Å². The largest absolute Gasteiger partial charge is 0.481 e. The number of hydrogen-bond acceptors (Lipinski definition) is 5. The third-order valence-corrected chi connectivity index (χ3v) is 12.6. The van der Waals surface area contributed by atoms with Crippen LogP contribution in [0.15, 0.2) is 17.0 Å². The Balaban J connectivity index is 1.55. The van der Waals surface area contributed by atoms with Gasteiger partial charge in [0, 0.05) is 69.6 Å². The molecule has 8 rings (SSSR count). The van der Waals surface area contributed by atoms with E-state index in [1.165, 1.54) is 22.2 Å². The van der Waals surface area contributed by atoms with Gasteiger partial charge >= 0.3 is 11.9 Å². The average Bonchev–Trinajstić information content (AvgIpc) is 3.25. The van der Waals surface area contributed by atoms with Crippen LogP contribution in [0.5, 0.6) is 11.5 Å². The second-order valence-corrected chi connectivity index (χ2v) is 14.8. The Morgan fingerprint density at radius 3 is 2.37 bits per heavy atom. The van der Waals surface area contributed by atoms with Gasteiger partial charge in [-0.3, -0.25) is 4.79 Å². The molecule has 5 aliphatic heterocycles. The van der Waals surface area contributed by atoms with Crippen LogP contribution in [0.2, 0.25) is 15.1 Å². The maximum atomic E-state index is 13.1. The maximum absolute atomic E-state index is 13.1. The average molecular weight is 699 g/mol. The Hall–Kier alpha value is -2.91. The molecule has 5 aliphatic rings. The van der Waals surface area contributed by atoms with Crippen LogP contribution in [0.1, 0.15) is 75.8 Å². The lowest BCUT2D eigenvalue weighted by molar-refractivity contribution is -0.133. The van der Waals surface area contributed by atoms with E-state index in [0.717, 1.165) is 129 Å². The molecule has 0 atom stereocenters. The van der Waals surface area contributed by atoms with Gasteiger partial charge in [0.15, 0.2) is 0 Å². The molecule has 0 saturated carbocycles. The molecular formula is C35H32Cl3N2O5S+.